The second kappa shape index (κ2) is 11.5. The number of nitrogens with zero attached hydrogens (tertiary/aromatic N) is 2. The summed E-state index contributed by atoms with van der Waals surface area (Å²) in [6.45, 7) is 1.54. The number of pyridine rings is 1. The van der Waals surface area contributed by atoms with Crippen molar-refractivity contribution in [3.05, 3.63) is 63.9 Å². The first-order valence-electron chi connectivity index (χ1n) is 7.47. The lowest BCUT2D eigenvalue weighted by Crippen LogP contribution is -2.39. The number of halogens is 3. The van der Waals surface area contributed by atoms with Crippen LogP contribution >= 0.6 is 47.2 Å². The second-order valence-corrected chi connectivity index (χ2v) is 5.80. The number of benzene rings is 1. The van der Waals surface area contributed by atoms with Gasteiger partial charge in [0.25, 0.3) is 0 Å². The van der Waals surface area contributed by atoms with E-state index < -0.39 is 0 Å². The largest absolute Gasteiger partial charge is 0.356 e. The quantitative estimate of drug-likeness (QED) is 0.286. The van der Waals surface area contributed by atoms with Gasteiger partial charge < -0.3 is 10.6 Å². The first kappa shape index (κ1) is 21.0. The van der Waals surface area contributed by atoms with E-state index >= 15 is 0 Å². The summed E-state index contributed by atoms with van der Waals surface area (Å²) in [6.07, 6.45) is 3.49. The van der Waals surface area contributed by atoms with Crippen LogP contribution in [0.2, 0.25) is 10.2 Å². The van der Waals surface area contributed by atoms with Crippen LogP contribution in [0.3, 0.4) is 0 Å². The summed E-state index contributed by atoms with van der Waals surface area (Å²) in [5.41, 5.74) is 2.26. The summed E-state index contributed by atoms with van der Waals surface area (Å²) >= 11 is 11.9. The summed E-state index contributed by atoms with van der Waals surface area (Å²) in [5, 5.41) is 7.87. The number of hydrogen-bond donors (Lipinski definition) is 2. The van der Waals surface area contributed by atoms with Crippen molar-refractivity contribution in [2.45, 2.75) is 12.8 Å². The topological polar surface area (TPSA) is 49.3 Å². The van der Waals surface area contributed by atoms with Gasteiger partial charge in [0.2, 0.25) is 0 Å². The van der Waals surface area contributed by atoms with Crippen molar-refractivity contribution < 1.29 is 0 Å². The fourth-order valence-corrected chi connectivity index (χ4v) is 2.46. The van der Waals surface area contributed by atoms with Gasteiger partial charge in [0.05, 0.1) is 0 Å². The van der Waals surface area contributed by atoms with E-state index in [1.165, 1.54) is 0 Å². The highest BCUT2D eigenvalue weighted by atomic mass is 127. The maximum absolute atomic E-state index is 6.15. The lowest BCUT2D eigenvalue weighted by atomic mass is 10.1. The summed E-state index contributed by atoms with van der Waals surface area (Å²) in [5.74, 6) is 0.777. The van der Waals surface area contributed by atoms with Crippen molar-refractivity contribution in [1.29, 1.82) is 0 Å². The first-order valence-corrected chi connectivity index (χ1v) is 8.23. The zero-order valence-corrected chi connectivity index (χ0v) is 17.3. The van der Waals surface area contributed by atoms with Crippen molar-refractivity contribution in [3.63, 3.8) is 0 Å². The van der Waals surface area contributed by atoms with Crippen molar-refractivity contribution in [2.24, 2.45) is 4.99 Å². The second-order valence-electron chi connectivity index (χ2n) is 5.01. The van der Waals surface area contributed by atoms with E-state index in [0.29, 0.717) is 5.15 Å². The molecule has 1 heterocycles. The van der Waals surface area contributed by atoms with Gasteiger partial charge in [-0.15, -0.1) is 24.0 Å². The molecule has 2 N–H and O–H groups in total. The number of hydrogen-bond acceptors (Lipinski definition) is 2. The Morgan fingerprint density at radius 1 is 1.04 bits per heavy atom. The van der Waals surface area contributed by atoms with Crippen LogP contribution in [0.4, 0.5) is 0 Å². The molecule has 130 valence electrons. The average Bonchev–Trinajstić information content (AvgIpc) is 2.57. The molecule has 24 heavy (non-hydrogen) atoms. The van der Waals surface area contributed by atoms with Gasteiger partial charge in [-0.25, -0.2) is 4.98 Å². The monoisotopic (exact) mass is 478 g/mol. The molecule has 0 bridgehead atoms. The molecule has 1 aromatic carbocycles. The van der Waals surface area contributed by atoms with Crippen molar-refractivity contribution in [1.82, 2.24) is 15.6 Å². The summed E-state index contributed by atoms with van der Waals surface area (Å²) in [7, 11) is 1.76. The van der Waals surface area contributed by atoms with E-state index in [9.17, 15) is 0 Å². The Morgan fingerprint density at radius 2 is 1.75 bits per heavy atom. The number of nitrogens with one attached hydrogen (secondary N) is 2. The van der Waals surface area contributed by atoms with Crippen LogP contribution in [0.1, 0.15) is 11.1 Å². The van der Waals surface area contributed by atoms with E-state index in [4.69, 9.17) is 23.2 Å². The SMILES string of the molecule is CN=C(NCCc1ccc(Cl)nc1)NCCc1ccccc1Cl.I. The third-order valence-corrected chi connectivity index (χ3v) is 3.96. The molecule has 7 heteroatoms. The van der Waals surface area contributed by atoms with Gasteiger partial charge in [0.1, 0.15) is 5.15 Å². The minimum Gasteiger partial charge on any atom is -0.356 e. The van der Waals surface area contributed by atoms with E-state index in [2.05, 4.69) is 20.6 Å². The Bertz CT molecular complexity index is 647. The molecule has 1 aromatic heterocycles. The summed E-state index contributed by atoms with van der Waals surface area (Å²) < 4.78 is 0. The number of rotatable bonds is 6. The van der Waals surface area contributed by atoms with Crippen molar-refractivity contribution in [2.75, 3.05) is 20.1 Å². The third kappa shape index (κ3) is 7.23. The number of aromatic nitrogens is 1. The lowest BCUT2D eigenvalue weighted by molar-refractivity contribution is 0.783. The maximum atomic E-state index is 6.15. The molecule has 0 spiro atoms. The van der Waals surface area contributed by atoms with Crippen LogP contribution < -0.4 is 10.6 Å². The molecule has 4 nitrogen and oxygen atoms in total. The Labute approximate surface area is 170 Å². The lowest BCUT2D eigenvalue weighted by Gasteiger charge is -2.12. The van der Waals surface area contributed by atoms with Gasteiger partial charge in [-0.2, -0.15) is 0 Å². The summed E-state index contributed by atoms with van der Waals surface area (Å²) in [4.78, 5) is 8.28. The smallest absolute Gasteiger partial charge is 0.190 e. The Kier molecular flexibility index (Phi) is 10.1. The molecule has 2 rings (SSSR count). The zero-order chi connectivity index (χ0) is 16.5. The highest BCUT2D eigenvalue weighted by molar-refractivity contribution is 14.0. The van der Waals surface area contributed by atoms with Gasteiger partial charge in [0, 0.05) is 31.4 Å². The molecular formula is C17H21Cl2IN4. The summed E-state index contributed by atoms with van der Waals surface area (Å²) in [6, 6.07) is 11.6. The van der Waals surface area contributed by atoms with E-state index in [1.54, 1.807) is 19.3 Å². The van der Waals surface area contributed by atoms with Crippen molar-refractivity contribution >= 4 is 53.1 Å². The minimum absolute atomic E-state index is 0. The normalized spacial score (nSPS) is 10.9. The van der Waals surface area contributed by atoms with Crippen LogP contribution in [-0.2, 0) is 12.8 Å². The van der Waals surface area contributed by atoms with E-state index in [0.717, 1.165) is 48.0 Å². The maximum Gasteiger partial charge on any atom is 0.190 e. The van der Waals surface area contributed by atoms with Crippen LogP contribution in [0.15, 0.2) is 47.6 Å². The van der Waals surface area contributed by atoms with E-state index in [1.807, 2.05) is 30.3 Å². The Hall–Kier alpha value is -1.05. The van der Waals surface area contributed by atoms with Crippen LogP contribution in [0.5, 0.6) is 0 Å². The predicted octanol–water partition coefficient (Wildman–Crippen LogP) is 3.96. The van der Waals surface area contributed by atoms with Gasteiger partial charge in [-0.1, -0.05) is 47.5 Å². The molecule has 0 saturated carbocycles. The highest BCUT2D eigenvalue weighted by Gasteiger charge is 2.01. The molecule has 0 aliphatic heterocycles. The molecule has 0 aliphatic carbocycles. The van der Waals surface area contributed by atoms with Crippen molar-refractivity contribution in [3.8, 4) is 0 Å². The van der Waals surface area contributed by atoms with Gasteiger partial charge >= 0.3 is 0 Å². The van der Waals surface area contributed by atoms with Gasteiger partial charge in [0.15, 0.2) is 5.96 Å². The minimum atomic E-state index is 0. The fourth-order valence-electron chi connectivity index (χ4n) is 2.12. The molecule has 0 atom stereocenters. The fraction of sp³-hybridized carbons (Fsp3) is 0.294. The molecular weight excluding hydrogens is 458 g/mol. The molecule has 0 saturated heterocycles. The van der Waals surface area contributed by atoms with Crippen LogP contribution in [-0.4, -0.2) is 31.1 Å². The zero-order valence-electron chi connectivity index (χ0n) is 13.4. The highest BCUT2D eigenvalue weighted by Crippen LogP contribution is 2.14. The molecule has 0 radical (unpaired) electrons. The first-order chi connectivity index (χ1) is 11.2. The van der Waals surface area contributed by atoms with Gasteiger partial charge in [-0.05, 0) is 36.1 Å². The number of aliphatic imine (C=N–C) groups is 1. The molecule has 0 amide bonds. The third-order valence-electron chi connectivity index (χ3n) is 3.36. The predicted molar refractivity (Wildman–Crippen MR) is 113 cm³/mol. The average molecular weight is 479 g/mol. The Balaban J connectivity index is 0.00000288. The molecule has 2 aromatic rings. The number of guanidine groups is 1. The molecule has 0 fully saturated rings. The standard InChI is InChI=1S/C17H20Cl2N4.HI/c1-20-17(21-10-8-13-6-7-16(19)23-12-13)22-11-9-14-4-2-3-5-15(14)18;/h2-7,12H,8-11H2,1H3,(H2,20,21,22);1H. The molecule has 0 unspecified atom stereocenters. The van der Waals surface area contributed by atoms with Crippen LogP contribution in [0, 0.1) is 0 Å². The molecule has 0 aliphatic rings. The van der Waals surface area contributed by atoms with Gasteiger partial charge in [-0.3, -0.25) is 4.99 Å². The van der Waals surface area contributed by atoms with E-state index in [-0.39, 0.29) is 24.0 Å². The Morgan fingerprint density at radius 3 is 2.38 bits per heavy atom. The van der Waals surface area contributed by atoms with Crippen LogP contribution in [0.25, 0.3) is 0 Å².